The van der Waals surface area contributed by atoms with Crippen molar-refractivity contribution >= 4 is 44.8 Å². The quantitative estimate of drug-likeness (QED) is 0.603. The van der Waals surface area contributed by atoms with Crippen LogP contribution in [-0.2, 0) is 9.84 Å². The molecule has 2 aromatic heterocycles. The first-order valence-corrected chi connectivity index (χ1v) is 10.8. The number of carbonyl (C=O) groups is 1. The molecule has 0 saturated heterocycles. The average Bonchev–Trinajstić information content (AvgIpc) is 3.14. The molecule has 10 nitrogen and oxygen atoms in total. The van der Waals surface area contributed by atoms with Crippen molar-refractivity contribution in [1.82, 2.24) is 30.0 Å². The second kappa shape index (κ2) is 8.31. The molecule has 1 atom stereocenters. The highest BCUT2D eigenvalue weighted by molar-refractivity contribution is 7.90. The van der Waals surface area contributed by atoms with Crippen molar-refractivity contribution in [2.24, 2.45) is 0 Å². The first kappa shape index (κ1) is 21.0. The molecule has 0 bridgehead atoms. The third kappa shape index (κ3) is 4.81. The lowest BCUT2D eigenvalue weighted by Gasteiger charge is -2.15. The van der Waals surface area contributed by atoms with E-state index in [9.17, 15) is 13.2 Å². The molecule has 0 saturated carbocycles. The van der Waals surface area contributed by atoms with Gasteiger partial charge in [0.05, 0.1) is 26.7 Å². The van der Waals surface area contributed by atoms with Crippen molar-refractivity contribution in [2.75, 3.05) is 11.6 Å². The number of rotatable bonds is 5. The monoisotopic (exact) mass is 455 g/mol. The molecule has 0 fully saturated rings. The molecule has 2 amide bonds. The fraction of sp³-hybridized carbons (Fsp3) is 0.188. The van der Waals surface area contributed by atoms with Crippen LogP contribution in [0.3, 0.4) is 0 Å². The zero-order chi connectivity index (χ0) is 21.2. The van der Waals surface area contributed by atoms with E-state index in [4.69, 9.17) is 23.2 Å². The highest BCUT2D eigenvalue weighted by atomic mass is 35.5. The molecule has 1 aromatic carbocycles. The summed E-state index contributed by atoms with van der Waals surface area (Å²) in [4.78, 5) is 24.6. The van der Waals surface area contributed by atoms with E-state index in [0.717, 1.165) is 6.26 Å². The Morgan fingerprint density at radius 2 is 1.83 bits per heavy atom. The highest BCUT2D eigenvalue weighted by Gasteiger charge is 2.20. The molecule has 152 valence electrons. The van der Waals surface area contributed by atoms with Gasteiger partial charge in [0.2, 0.25) is 0 Å². The number of halogens is 2. The van der Waals surface area contributed by atoms with Crippen LogP contribution >= 0.6 is 23.2 Å². The van der Waals surface area contributed by atoms with Crippen molar-refractivity contribution in [2.45, 2.75) is 17.9 Å². The maximum absolute atomic E-state index is 12.4. The van der Waals surface area contributed by atoms with E-state index < -0.39 is 21.9 Å². The summed E-state index contributed by atoms with van der Waals surface area (Å²) in [5.74, 6) is 0.711. The summed E-state index contributed by atoms with van der Waals surface area (Å²) >= 11 is 12.1. The molecule has 0 spiro atoms. The molecule has 2 N–H and O–H groups in total. The van der Waals surface area contributed by atoms with E-state index in [-0.39, 0.29) is 20.6 Å². The van der Waals surface area contributed by atoms with E-state index in [0.29, 0.717) is 11.8 Å². The van der Waals surface area contributed by atoms with E-state index in [1.165, 1.54) is 23.1 Å². The first-order chi connectivity index (χ1) is 13.7. The van der Waals surface area contributed by atoms with Crippen LogP contribution < -0.4 is 10.6 Å². The van der Waals surface area contributed by atoms with Crippen molar-refractivity contribution in [3.05, 3.63) is 52.8 Å². The Balaban J connectivity index is 1.76. The smallest absolute Gasteiger partial charge is 0.319 e. The summed E-state index contributed by atoms with van der Waals surface area (Å²) in [7, 11) is -3.56. The summed E-state index contributed by atoms with van der Waals surface area (Å²) < 4.78 is 24.8. The van der Waals surface area contributed by atoms with Gasteiger partial charge in [-0.15, -0.1) is 0 Å². The largest absolute Gasteiger partial charge is 0.328 e. The maximum atomic E-state index is 12.4. The van der Waals surface area contributed by atoms with Gasteiger partial charge in [-0.05, 0) is 25.1 Å². The molecule has 0 unspecified atom stereocenters. The van der Waals surface area contributed by atoms with Crippen LogP contribution in [-0.4, -0.2) is 45.4 Å². The Morgan fingerprint density at radius 1 is 1.14 bits per heavy atom. The minimum atomic E-state index is -3.56. The predicted molar refractivity (Wildman–Crippen MR) is 107 cm³/mol. The highest BCUT2D eigenvalue weighted by Crippen LogP contribution is 2.32. The zero-order valence-electron chi connectivity index (χ0n) is 15.2. The number of urea groups is 1. The molecule has 2 heterocycles. The van der Waals surface area contributed by atoms with Crippen molar-refractivity contribution in [3.8, 4) is 5.95 Å². The number of benzene rings is 1. The lowest BCUT2D eigenvalue weighted by molar-refractivity contribution is 0.248. The Morgan fingerprint density at radius 3 is 2.48 bits per heavy atom. The fourth-order valence-electron chi connectivity index (χ4n) is 2.43. The number of sulfone groups is 1. The van der Waals surface area contributed by atoms with Crippen molar-refractivity contribution < 1.29 is 13.2 Å². The van der Waals surface area contributed by atoms with Gasteiger partial charge in [-0.3, -0.25) is 0 Å². The van der Waals surface area contributed by atoms with E-state index >= 15 is 0 Å². The normalized spacial score (nSPS) is 12.4. The molecular formula is C16H15Cl2N7O3S. The molecule has 0 aliphatic heterocycles. The molecular weight excluding hydrogens is 441 g/mol. The fourth-order valence-corrected chi connectivity index (χ4v) is 4.03. The third-order valence-corrected chi connectivity index (χ3v) is 5.59. The van der Waals surface area contributed by atoms with E-state index in [1.54, 1.807) is 25.4 Å². The van der Waals surface area contributed by atoms with Crippen LogP contribution in [0.2, 0.25) is 10.0 Å². The van der Waals surface area contributed by atoms with Gasteiger partial charge in [-0.1, -0.05) is 23.2 Å². The lowest BCUT2D eigenvalue weighted by Crippen LogP contribution is -2.32. The summed E-state index contributed by atoms with van der Waals surface area (Å²) in [6.07, 6.45) is 5.45. The van der Waals surface area contributed by atoms with Gasteiger partial charge in [0.1, 0.15) is 6.33 Å². The molecule has 3 aromatic rings. The summed E-state index contributed by atoms with van der Waals surface area (Å²) in [5, 5.41) is 9.26. The zero-order valence-corrected chi connectivity index (χ0v) is 17.5. The van der Waals surface area contributed by atoms with Crippen molar-refractivity contribution in [1.29, 1.82) is 0 Å². The number of anilines is 1. The average molecular weight is 456 g/mol. The molecule has 0 aliphatic carbocycles. The van der Waals surface area contributed by atoms with Crippen molar-refractivity contribution in [3.63, 3.8) is 0 Å². The Bertz CT molecular complexity index is 1150. The Hall–Kier alpha value is -2.76. The minimum absolute atomic E-state index is 0.0264. The maximum Gasteiger partial charge on any atom is 0.319 e. The lowest BCUT2D eigenvalue weighted by atomic mass is 10.3. The van der Waals surface area contributed by atoms with E-state index in [1.807, 2.05) is 0 Å². The van der Waals surface area contributed by atoms with Crippen LogP contribution in [0.1, 0.15) is 18.8 Å². The number of hydrogen-bond donors (Lipinski definition) is 2. The Labute approximate surface area is 176 Å². The molecule has 0 aliphatic rings. The molecule has 13 heteroatoms. The third-order valence-electron chi connectivity index (χ3n) is 3.72. The number of hydrogen-bond acceptors (Lipinski definition) is 7. The molecule has 29 heavy (non-hydrogen) atoms. The predicted octanol–water partition coefficient (Wildman–Crippen LogP) is 2.65. The first-order valence-electron chi connectivity index (χ1n) is 8.10. The topological polar surface area (TPSA) is 132 Å². The van der Waals surface area contributed by atoms with Gasteiger partial charge < -0.3 is 10.6 Å². The number of nitrogens with one attached hydrogen (secondary N) is 2. The Kier molecular flexibility index (Phi) is 6.01. The van der Waals surface area contributed by atoms with Crippen LogP contribution in [0.4, 0.5) is 10.5 Å². The van der Waals surface area contributed by atoms with Gasteiger partial charge >= 0.3 is 6.03 Å². The summed E-state index contributed by atoms with van der Waals surface area (Å²) in [5.41, 5.74) is 0.154. The SMILES string of the molecule is C[C@H](NC(=O)Nc1cc(Cl)c(S(C)(=O)=O)cc1Cl)c1ncnn1-c1ncccn1. The van der Waals surface area contributed by atoms with Crippen LogP contribution in [0.5, 0.6) is 0 Å². The minimum Gasteiger partial charge on any atom is -0.328 e. The molecule has 3 rings (SSSR count). The number of amides is 2. The van der Waals surface area contributed by atoms with Crippen LogP contribution in [0, 0.1) is 0 Å². The standard InChI is InChI=1S/C16H15Cl2N7O3S/c1-9(14-21-8-22-25(14)15-19-4-3-5-20-15)23-16(26)24-12-6-11(18)13(7-10(12)17)29(2,27)28/h3-9H,1-2H3,(H2,23,24,26)/t9-/m0/s1. The number of aromatic nitrogens is 5. The van der Waals surface area contributed by atoms with Gasteiger partial charge in [-0.25, -0.2) is 28.2 Å². The second-order valence-corrected chi connectivity index (χ2v) is 8.73. The van der Waals surface area contributed by atoms with Gasteiger partial charge in [0, 0.05) is 18.6 Å². The van der Waals surface area contributed by atoms with Gasteiger partial charge in [0.25, 0.3) is 5.95 Å². The number of carbonyl (C=O) groups excluding carboxylic acids is 1. The summed E-state index contributed by atoms with van der Waals surface area (Å²) in [6.45, 7) is 1.70. The van der Waals surface area contributed by atoms with Crippen LogP contribution in [0.25, 0.3) is 5.95 Å². The van der Waals surface area contributed by atoms with Gasteiger partial charge in [0.15, 0.2) is 15.7 Å². The number of nitrogens with zero attached hydrogens (tertiary/aromatic N) is 5. The molecule has 0 radical (unpaired) electrons. The second-order valence-electron chi connectivity index (χ2n) is 5.93. The van der Waals surface area contributed by atoms with E-state index in [2.05, 4.69) is 30.7 Å². The van der Waals surface area contributed by atoms with Crippen LogP contribution in [0.15, 0.2) is 41.8 Å². The van der Waals surface area contributed by atoms with Gasteiger partial charge in [-0.2, -0.15) is 9.78 Å². The summed E-state index contributed by atoms with van der Waals surface area (Å²) in [6, 6.07) is 2.95.